The van der Waals surface area contributed by atoms with Crippen molar-refractivity contribution in [3.63, 3.8) is 0 Å². The molecule has 1 heterocycles. The van der Waals surface area contributed by atoms with Crippen LogP contribution in [0.4, 0.5) is 0 Å². The summed E-state index contributed by atoms with van der Waals surface area (Å²) in [6, 6.07) is 4.49. The zero-order valence-electron chi connectivity index (χ0n) is 12.9. The van der Waals surface area contributed by atoms with E-state index < -0.39 is 10.0 Å². The number of amides is 1. The second kappa shape index (κ2) is 6.46. The number of carbonyl (C=O) groups is 1. The van der Waals surface area contributed by atoms with E-state index in [-0.39, 0.29) is 22.6 Å². The fourth-order valence-corrected chi connectivity index (χ4v) is 3.95. The quantitative estimate of drug-likeness (QED) is 0.849. The van der Waals surface area contributed by atoms with E-state index in [2.05, 4.69) is 4.72 Å². The predicted octanol–water partition coefficient (Wildman–Crippen LogP) is 0.608. The lowest BCUT2D eigenvalue weighted by molar-refractivity contribution is 0.0302. The summed E-state index contributed by atoms with van der Waals surface area (Å²) in [7, 11) is -2.29. The molecule has 0 spiro atoms. The maximum Gasteiger partial charge on any atom is 0.254 e. The van der Waals surface area contributed by atoms with Gasteiger partial charge in [-0.3, -0.25) is 4.79 Å². The van der Waals surface area contributed by atoms with Crippen LogP contribution in [0.15, 0.2) is 23.1 Å². The average Bonchev–Trinajstić information content (AvgIpc) is 3.37. The van der Waals surface area contributed by atoms with E-state index in [9.17, 15) is 13.2 Å². The van der Waals surface area contributed by atoms with Crippen LogP contribution >= 0.6 is 0 Å². The van der Waals surface area contributed by atoms with Gasteiger partial charge in [-0.15, -0.1) is 0 Å². The van der Waals surface area contributed by atoms with Crippen LogP contribution in [0.3, 0.4) is 0 Å². The molecular formula is C15H20N2O5S. The number of methoxy groups -OCH3 is 1. The molecule has 1 aliphatic carbocycles. The fraction of sp³-hybridized carbons (Fsp3) is 0.533. The molecule has 1 N–H and O–H groups in total. The molecule has 3 rings (SSSR count). The van der Waals surface area contributed by atoms with Crippen molar-refractivity contribution in [2.45, 2.75) is 23.8 Å². The van der Waals surface area contributed by atoms with Crippen molar-refractivity contribution in [3.05, 3.63) is 23.8 Å². The van der Waals surface area contributed by atoms with Crippen LogP contribution in [0.2, 0.25) is 0 Å². The highest BCUT2D eigenvalue weighted by molar-refractivity contribution is 7.89. The molecule has 2 fully saturated rings. The summed E-state index contributed by atoms with van der Waals surface area (Å²) >= 11 is 0. The normalized spacial score (nSPS) is 18.7. The molecule has 126 valence electrons. The zero-order valence-corrected chi connectivity index (χ0v) is 13.8. The van der Waals surface area contributed by atoms with Crippen LogP contribution in [0.1, 0.15) is 23.2 Å². The summed E-state index contributed by atoms with van der Waals surface area (Å²) < 4.78 is 37.9. The molecular weight excluding hydrogens is 320 g/mol. The Morgan fingerprint density at radius 3 is 2.61 bits per heavy atom. The summed E-state index contributed by atoms with van der Waals surface area (Å²) in [5, 5.41) is 0. The fourth-order valence-electron chi connectivity index (χ4n) is 2.45. The first-order valence-corrected chi connectivity index (χ1v) is 9.07. The lowest BCUT2D eigenvalue weighted by Crippen LogP contribution is -2.40. The Labute approximate surface area is 135 Å². The lowest BCUT2D eigenvalue weighted by atomic mass is 10.2. The third-order valence-electron chi connectivity index (χ3n) is 3.90. The maximum absolute atomic E-state index is 12.5. The summed E-state index contributed by atoms with van der Waals surface area (Å²) in [5.41, 5.74) is 0.337. The van der Waals surface area contributed by atoms with E-state index in [1.54, 1.807) is 11.0 Å². The minimum atomic E-state index is -3.70. The number of morpholine rings is 1. The highest BCUT2D eigenvalue weighted by Crippen LogP contribution is 2.28. The molecule has 0 radical (unpaired) electrons. The maximum atomic E-state index is 12.5. The van der Waals surface area contributed by atoms with Crippen molar-refractivity contribution in [1.82, 2.24) is 9.62 Å². The van der Waals surface area contributed by atoms with Crippen molar-refractivity contribution < 1.29 is 22.7 Å². The smallest absolute Gasteiger partial charge is 0.254 e. The Kier molecular flexibility index (Phi) is 4.56. The minimum Gasteiger partial charge on any atom is -0.495 e. The number of benzene rings is 1. The molecule has 1 aromatic rings. The molecule has 0 aromatic heterocycles. The van der Waals surface area contributed by atoms with Gasteiger partial charge >= 0.3 is 0 Å². The second-order valence-electron chi connectivity index (χ2n) is 5.67. The van der Waals surface area contributed by atoms with E-state index in [0.29, 0.717) is 31.9 Å². The molecule has 0 bridgehead atoms. The minimum absolute atomic E-state index is 0.00556. The SMILES string of the molecule is COc1ccc(C(=O)N2CCOCC2)cc1S(=O)(=O)NC1CC1. The van der Waals surface area contributed by atoms with Gasteiger partial charge in [-0.25, -0.2) is 13.1 Å². The highest BCUT2D eigenvalue weighted by Gasteiger charge is 2.30. The van der Waals surface area contributed by atoms with Crippen LogP contribution in [0.25, 0.3) is 0 Å². The van der Waals surface area contributed by atoms with Gasteiger partial charge < -0.3 is 14.4 Å². The van der Waals surface area contributed by atoms with Crippen LogP contribution in [-0.4, -0.2) is 58.7 Å². The van der Waals surface area contributed by atoms with Crippen molar-refractivity contribution in [2.24, 2.45) is 0 Å². The molecule has 1 aromatic carbocycles. The van der Waals surface area contributed by atoms with Crippen LogP contribution in [0.5, 0.6) is 5.75 Å². The Balaban J connectivity index is 1.90. The van der Waals surface area contributed by atoms with E-state index in [1.165, 1.54) is 19.2 Å². The van der Waals surface area contributed by atoms with Gasteiger partial charge in [-0.2, -0.15) is 0 Å². The van der Waals surface area contributed by atoms with Gasteiger partial charge in [-0.05, 0) is 31.0 Å². The van der Waals surface area contributed by atoms with Gasteiger partial charge in [0, 0.05) is 24.7 Å². The summed E-state index contributed by atoms with van der Waals surface area (Å²) in [6.45, 7) is 2.01. The zero-order chi connectivity index (χ0) is 16.4. The van der Waals surface area contributed by atoms with Gasteiger partial charge in [-0.1, -0.05) is 0 Å². The molecule has 1 saturated carbocycles. The summed E-state index contributed by atoms with van der Waals surface area (Å²) in [5.74, 6) is 0.0375. The summed E-state index contributed by atoms with van der Waals surface area (Å²) in [6.07, 6.45) is 1.68. The van der Waals surface area contributed by atoms with E-state index in [1.807, 2.05) is 0 Å². The molecule has 7 nitrogen and oxygen atoms in total. The largest absolute Gasteiger partial charge is 0.495 e. The van der Waals surface area contributed by atoms with Gasteiger partial charge in [0.05, 0.1) is 20.3 Å². The Morgan fingerprint density at radius 2 is 2.00 bits per heavy atom. The molecule has 1 amide bonds. The van der Waals surface area contributed by atoms with Crippen LogP contribution < -0.4 is 9.46 Å². The Morgan fingerprint density at radius 1 is 1.30 bits per heavy atom. The van der Waals surface area contributed by atoms with Crippen LogP contribution in [-0.2, 0) is 14.8 Å². The number of nitrogens with one attached hydrogen (secondary N) is 1. The van der Waals surface area contributed by atoms with Crippen molar-refractivity contribution in [3.8, 4) is 5.75 Å². The Bertz CT molecular complexity index is 694. The lowest BCUT2D eigenvalue weighted by Gasteiger charge is -2.27. The van der Waals surface area contributed by atoms with Gasteiger partial charge in [0.15, 0.2) is 0 Å². The molecule has 23 heavy (non-hydrogen) atoms. The number of carbonyl (C=O) groups excluding carboxylic acids is 1. The summed E-state index contributed by atoms with van der Waals surface area (Å²) in [4.78, 5) is 14.2. The number of rotatable bonds is 5. The third kappa shape index (κ3) is 3.65. The van der Waals surface area contributed by atoms with Crippen molar-refractivity contribution >= 4 is 15.9 Å². The molecule has 1 aliphatic heterocycles. The molecule has 0 atom stereocenters. The first-order chi connectivity index (χ1) is 11.0. The first kappa shape index (κ1) is 16.2. The van der Waals surface area contributed by atoms with E-state index in [4.69, 9.17) is 9.47 Å². The third-order valence-corrected chi connectivity index (χ3v) is 5.44. The highest BCUT2D eigenvalue weighted by atomic mass is 32.2. The van der Waals surface area contributed by atoms with Gasteiger partial charge in [0.25, 0.3) is 5.91 Å². The topological polar surface area (TPSA) is 84.9 Å². The molecule has 0 unspecified atom stereocenters. The Hall–Kier alpha value is -1.64. The number of ether oxygens (including phenoxy) is 2. The standard InChI is InChI=1S/C15H20N2O5S/c1-21-13-5-2-11(15(18)17-6-8-22-9-7-17)10-14(13)23(19,20)16-12-3-4-12/h2,5,10,12,16H,3-4,6-9H2,1H3. The van der Waals surface area contributed by atoms with Gasteiger partial charge in [0.2, 0.25) is 10.0 Å². The van der Waals surface area contributed by atoms with Crippen molar-refractivity contribution in [2.75, 3.05) is 33.4 Å². The number of hydrogen-bond donors (Lipinski definition) is 1. The van der Waals surface area contributed by atoms with Gasteiger partial charge in [0.1, 0.15) is 10.6 Å². The van der Waals surface area contributed by atoms with Crippen molar-refractivity contribution in [1.29, 1.82) is 0 Å². The monoisotopic (exact) mass is 340 g/mol. The second-order valence-corrected chi connectivity index (χ2v) is 7.35. The molecule has 2 aliphatic rings. The van der Waals surface area contributed by atoms with E-state index >= 15 is 0 Å². The molecule has 1 saturated heterocycles. The number of nitrogens with zero attached hydrogens (tertiary/aromatic N) is 1. The first-order valence-electron chi connectivity index (χ1n) is 7.58. The molecule has 8 heteroatoms. The predicted molar refractivity (Wildman–Crippen MR) is 83.1 cm³/mol. The average molecular weight is 340 g/mol. The van der Waals surface area contributed by atoms with Crippen LogP contribution in [0, 0.1) is 0 Å². The number of sulfonamides is 1. The van der Waals surface area contributed by atoms with E-state index in [0.717, 1.165) is 12.8 Å². The number of hydrogen-bond acceptors (Lipinski definition) is 5.